The zero-order chi connectivity index (χ0) is 19.0. The molecule has 0 N–H and O–H groups in total. The van der Waals surface area contributed by atoms with Crippen LogP contribution in [0, 0.1) is 5.82 Å². The van der Waals surface area contributed by atoms with Crippen molar-refractivity contribution in [2.24, 2.45) is 0 Å². The van der Waals surface area contributed by atoms with E-state index >= 15 is 0 Å². The van der Waals surface area contributed by atoms with Crippen molar-refractivity contribution in [3.63, 3.8) is 0 Å². The summed E-state index contributed by atoms with van der Waals surface area (Å²) in [5.41, 5.74) is 3.03. The van der Waals surface area contributed by atoms with Gasteiger partial charge in [0.25, 0.3) is 0 Å². The zero-order valence-electron chi connectivity index (χ0n) is 15.3. The number of hydrogen-bond donors (Lipinski definition) is 0. The number of methoxy groups -OCH3 is 1. The number of carbonyl (C=O) groups excluding carboxylic acids is 1. The van der Waals surface area contributed by atoms with E-state index in [4.69, 9.17) is 14.2 Å². The van der Waals surface area contributed by atoms with Gasteiger partial charge in [-0.1, -0.05) is 18.2 Å². The Bertz CT molecular complexity index is 938. The predicted molar refractivity (Wildman–Crippen MR) is 98.9 cm³/mol. The summed E-state index contributed by atoms with van der Waals surface area (Å²) < 4.78 is 30.2. The molecule has 0 radical (unpaired) electrons. The van der Waals surface area contributed by atoms with Crippen molar-refractivity contribution in [2.75, 3.05) is 27.5 Å². The fourth-order valence-electron chi connectivity index (χ4n) is 3.63. The van der Waals surface area contributed by atoms with E-state index in [1.807, 2.05) is 7.05 Å². The fourth-order valence-corrected chi connectivity index (χ4v) is 3.63. The molecule has 0 atom stereocenters. The van der Waals surface area contributed by atoms with Gasteiger partial charge in [-0.05, 0) is 42.8 Å². The van der Waals surface area contributed by atoms with E-state index in [-0.39, 0.29) is 18.4 Å². The molecule has 2 aliphatic rings. The topological polar surface area (TPSA) is 48.0 Å². The van der Waals surface area contributed by atoms with E-state index in [2.05, 4.69) is 4.90 Å². The number of likely N-dealkylation sites (N-methyl/N-ethyl adjacent to an activating group) is 1. The number of nitrogens with zero attached hydrogens (tertiary/aromatic N) is 1. The lowest BCUT2D eigenvalue weighted by molar-refractivity contribution is 0.104. The molecule has 0 bridgehead atoms. The smallest absolute Gasteiger partial charge is 0.231 e. The van der Waals surface area contributed by atoms with E-state index in [0.717, 1.165) is 17.7 Å². The third-order valence-electron chi connectivity index (χ3n) is 4.88. The summed E-state index contributed by atoms with van der Waals surface area (Å²) in [5, 5.41) is 0. The van der Waals surface area contributed by atoms with Gasteiger partial charge < -0.3 is 19.1 Å². The van der Waals surface area contributed by atoms with Crippen molar-refractivity contribution in [2.45, 2.75) is 13.0 Å². The van der Waals surface area contributed by atoms with E-state index < -0.39 is 0 Å². The first-order chi connectivity index (χ1) is 13.1. The number of fused-ring (bicyclic) bond motifs is 2. The standard InChI is InChI=1S/C21H20FNO4/c1-23-9-8-15-16(11-23)19(25-2)21-20(26-12-27-21)18(15)17(24)7-6-13-4-3-5-14(22)10-13/h3-7,10H,8-9,11-12H2,1-2H3. The fraction of sp³-hybridized carbons (Fsp3) is 0.286. The van der Waals surface area contributed by atoms with Crippen LogP contribution in [-0.2, 0) is 13.0 Å². The number of rotatable bonds is 4. The Morgan fingerprint density at radius 3 is 2.85 bits per heavy atom. The van der Waals surface area contributed by atoms with Crippen LogP contribution in [0.4, 0.5) is 4.39 Å². The van der Waals surface area contributed by atoms with Gasteiger partial charge >= 0.3 is 0 Å². The van der Waals surface area contributed by atoms with Crippen LogP contribution in [0.5, 0.6) is 17.2 Å². The molecule has 0 saturated carbocycles. The highest BCUT2D eigenvalue weighted by atomic mass is 19.1. The molecule has 0 saturated heterocycles. The van der Waals surface area contributed by atoms with Gasteiger partial charge in [-0.25, -0.2) is 4.39 Å². The molecule has 0 amide bonds. The van der Waals surface area contributed by atoms with Crippen LogP contribution < -0.4 is 14.2 Å². The van der Waals surface area contributed by atoms with Gasteiger partial charge in [-0.2, -0.15) is 0 Å². The first kappa shape index (κ1) is 17.5. The molecule has 140 valence electrons. The molecule has 0 unspecified atom stereocenters. The summed E-state index contributed by atoms with van der Waals surface area (Å²) in [6, 6.07) is 6.11. The van der Waals surface area contributed by atoms with Gasteiger partial charge in [0.1, 0.15) is 5.82 Å². The van der Waals surface area contributed by atoms with Gasteiger partial charge in [0.2, 0.25) is 12.5 Å². The molecular weight excluding hydrogens is 349 g/mol. The van der Waals surface area contributed by atoms with Crippen LogP contribution in [0.15, 0.2) is 30.3 Å². The molecular formula is C21H20FNO4. The van der Waals surface area contributed by atoms with Gasteiger partial charge in [0, 0.05) is 18.7 Å². The molecule has 2 heterocycles. The quantitative estimate of drug-likeness (QED) is 0.610. The molecule has 5 nitrogen and oxygen atoms in total. The van der Waals surface area contributed by atoms with E-state index in [1.165, 1.54) is 18.2 Å². The number of allylic oxidation sites excluding steroid dienone is 1. The number of hydrogen-bond acceptors (Lipinski definition) is 5. The van der Waals surface area contributed by atoms with Crippen molar-refractivity contribution in [1.82, 2.24) is 4.90 Å². The number of halogens is 1. The second-order valence-corrected chi connectivity index (χ2v) is 6.67. The van der Waals surface area contributed by atoms with Crippen molar-refractivity contribution in [3.8, 4) is 17.2 Å². The minimum Gasteiger partial charge on any atom is -0.492 e. The molecule has 2 aromatic rings. The van der Waals surface area contributed by atoms with Crippen LogP contribution in [0.2, 0.25) is 0 Å². The zero-order valence-corrected chi connectivity index (χ0v) is 15.3. The molecule has 0 fully saturated rings. The number of benzene rings is 2. The van der Waals surface area contributed by atoms with Crippen molar-refractivity contribution >= 4 is 11.9 Å². The first-order valence-electron chi connectivity index (χ1n) is 8.76. The average molecular weight is 369 g/mol. The lowest BCUT2D eigenvalue weighted by atomic mass is 9.90. The Balaban J connectivity index is 1.79. The van der Waals surface area contributed by atoms with Crippen LogP contribution in [-0.4, -0.2) is 38.2 Å². The minimum absolute atomic E-state index is 0.0539. The Hall–Kier alpha value is -2.86. The Kier molecular flexibility index (Phi) is 4.58. The van der Waals surface area contributed by atoms with Crippen LogP contribution in [0.3, 0.4) is 0 Å². The highest BCUT2D eigenvalue weighted by Gasteiger charge is 2.34. The average Bonchev–Trinajstić information content (AvgIpc) is 3.13. The monoisotopic (exact) mass is 369 g/mol. The molecule has 6 heteroatoms. The largest absolute Gasteiger partial charge is 0.492 e. The maximum Gasteiger partial charge on any atom is 0.231 e. The summed E-state index contributed by atoms with van der Waals surface area (Å²) >= 11 is 0. The molecule has 4 rings (SSSR count). The van der Waals surface area contributed by atoms with Crippen molar-refractivity contribution in [3.05, 3.63) is 58.4 Å². The molecule has 0 aromatic heterocycles. The molecule has 2 aromatic carbocycles. The molecule has 0 spiro atoms. The maximum absolute atomic E-state index is 13.4. The third kappa shape index (κ3) is 3.17. The first-order valence-corrected chi connectivity index (χ1v) is 8.76. The second-order valence-electron chi connectivity index (χ2n) is 6.67. The van der Waals surface area contributed by atoms with Crippen LogP contribution in [0.25, 0.3) is 6.08 Å². The van der Waals surface area contributed by atoms with E-state index in [1.54, 1.807) is 25.3 Å². The summed E-state index contributed by atoms with van der Waals surface area (Å²) in [4.78, 5) is 15.2. The highest BCUT2D eigenvalue weighted by Crippen LogP contribution is 2.49. The number of ether oxygens (including phenoxy) is 3. The summed E-state index contributed by atoms with van der Waals surface area (Å²) in [6.45, 7) is 1.56. The summed E-state index contributed by atoms with van der Waals surface area (Å²) in [6.07, 6.45) is 3.78. The normalized spacial score (nSPS) is 15.8. The Morgan fingerprint density at radius 2 is 2.07 bits per heavy atom. The summed E-state index contributed by atoms with van der Waals surface area (Å²) in [7, 11) is 3.62. The lowest BCUT2D eigenvalue weighted by Crippen LogP contribution is -2.28. The minimum atomic E-state index is -0.341. The summed E-state index contributed by atoms with van der Waals surface area (Å²) in [5.74, 6) is 1.02. The van der Waals surface area contributed by atoms with E-state index in [0.29, 0.717) is 41.3 Å². The van der Waals surface area contributed by atoms with E-state index in [9.17, 15) is 9.18 Å². The molecule has 0 aliphatic carbocycles. The Morgan fingerprint density at radius 1 is 1.26 bits per heavy atom. The van der Waals surface area contributed by atoms with Gasteiger partial charge in [0.15, 0.2) is 17.3 Å². The maximum atomic E-state index is 13.4. The van der Waals surface area contributed by atoms with Crippen LogP contribution >= 0.6 is 0 Å². The number of ketones is 1. The SMILES string of the molecule is COc1c2c(c(C(=O)C=Cc3cccc(F)c3)c3c1OCO3)CCN(C)C2. The third-order valence-corrected chi connectivity index (χ3v) is 4.88. The van der Waals surface area contributed by atoms with Gasteiger partial charge in [-0.15, -0.1) is 0 Å². The second kappa shape index (κ2) is 7.04. The Labute approximate surface area is 156 Å². The van der Waals surface area contributed by atoms with Gasteiger partial charge in [-0.3, -0.25) is 4.79 Å². The van der Waals surface area contributed by atoms with Gasteiger partial charge in [0.05, 0.1) is 12.7 Å². The lowest BCUT2D eigenvalue weighted by Gasteiger charge is -2.28. The highest BCUT2D eigenvalue weighted by molar-refractivity contribution is 6.11. The van der Waals surface area contributed by atoms with Crippen molar-refractivity contribution < 1.29 is 23.4 Å². The molecule has 27 heavy (non-hydrogen) atoms. The predicted octanol–water partition coefficient (Wildman–Crippen LogP) is 3.45. The van der Waals surface area contributed by atoms with Crippen LogP contribution in [0.1, 0.15) is 27.0 Å². The van der Waals surface area contributed by atoms with Crippen molar-refractivity contribution in [1.29, 1.82) is 0 Å². The number of carbonyl (C=O) groups is 1. The molecule has 2 aliphatic heterocycles.